The van der Waals surface area contributed by atoms with E-state index in [-0.39, 0.29) is 11.6 Å². The van der Waals surface area contributed by atoms with Gasteiger partial charge in [0.2, 0.25) is 5.91 Å². The molecule has 0 saturated carbocycles. The molecule has 1 heterocycles. The van der Waals surface area contributed by atoms with Crippen LogP contribution in [0.2, 0.25) is 0 Å². The maximum Gasteiger partial charge on any atom is 0.271 e. The number of aromatic nitrogens is 2. The van der Waals surface area contributed by atoms with Crippen LogP contribution in [-0.2, 0) is 4.79 Å². The van der Waals surface area contributed by atoms with Crippen LogP contribution in [-0.4, -0.2) is 20.6 Å². The Balaban J connectivity index is 2.31. The Kier molecular flexibility index (Phi) is 3.05. The third kappa shape index (κ3) is 2.51. The van der Waals surface area contributed by atoms with Crippen LogP contribution in [0.25, 0.3) is 5.69 Å². The number of carbonyl (C=O) groups is 1. The lowest BCUT2D eigenvalue weighted by atomic mass is 10.3. The second-order valence-corrected chi connectivity index (χ2v) is 3.60. The van der Waals surface area contributed by atoms with Crippen molar-refractivity contribution in [1.82, 2.24) is 9.78 Å². The Labute approximate surface area is 102 Å². The number of benzene rings is 1. The number of nitrogens with one attached hydrogen (secondary N) is 1. The summed E-state index contributed by atoms with van der Waals surface area (Å²) in [6, 6.07) is 7.69. The summed E-state index contributed by atoms with van der Waals surface area (Å²) in [5, 5.41) is 17.3. The molecule has 0 spiro atoms. The maximum atomic E-state index is 10.9. The van der Waals surface area contributed by atoms with E-state index < -0.39 is 4.92 Å². The Bertz CT molecular complexity index is 606. The number of nitro groups is 1. The predicted octanol–water partition coefficient (Wildman–Crippen LogP) is 1.74. The van der Waals surface area contributed by atoms with Crippen molar-refractivity contribution in [2.45, 2.75) is 6.92 Å². The molecule has 0 atom stereocenters. The molecule has 0 unspecified atom stereocenters. The van der Waals surface area contributed by atoms with Gasteiger partial charge >= 0.3 is 0 Å². The van der Waals surface area contributed by atoms with Gasteiger partial charge in [0.05, 0.1) is 10.6 Å². The number of nitro benzene ring substituents is 1. The highest BCUT2D eigenvalue weighted by atomic mass is 16.6. The minimum Gasteiger partial charge on any atom is -0.309 e. The fourth-order valence-electron chi connectivity index (χ4n) is 1.46. The van der Waals surface area contributed by atoms with Crippen LogP contribution in [0.15, 0.2) is 36.5 Å². The SMILES string of the molecule is CC(=O)Nc1ccn(-c2cccc([N+](=O)[O-])c2)n1. The van der Waals surface area contributed by atoms with Gasteiger partial charge in [-0.3, -0.25) is 14.9 Å². The predicted molar refractivity (Wildman–Crippen MR) is 64.5 cm³/mol. The van der Waals surface area contributed by atoms with Gasteiger partial charge in [0.15, 0.2) is 5.82 Å². The number of rotatable bonds is 3. The first kappa shape index (κ1) is 11.8. The number of anilines is 1. The number of carbonyl (C=O) groups excluding carboxylic acids is 1. The summed E-state index contributed by atoms with van der Waals surface area (Å²) in [5.41, 5.74) is 0.546. The standard InChI is InChI=1S/C11H10N4O3/c1-8(16)12-11-5-6-14(13-11)9-3-2-4-10(7-9)15(17)18/h2-7H,1H3,(H,12,13,16). The Morgan fingerprint density at radius 3 is 2.89 bits per heavy atom. The van der Waals surface area contributed by atoms with Crippen LogP contribution in [0.4, 0.5) is 11.5 Å². The Morgan fingerprint density at radius 2 is 2.22 bits per heavy atom. The highest BCUT2D eigenvalue weighted by molar-refractivity contribution is 5.87. The van der Waals surface area contributed by atoms with E-state index in [0.717, 1.165) is 0 Å². The van der Waals surface area contributed by atoms with Crippen LogP contribution < -0.4 is 5.32 Å². The van der Waals surface area contributed by atoms with E-state index >= 15 is 0 Å². The summed E-state index contributed by atoms with van der Waals surface area (Å²) in [6.07, 6.45) is 1.62. The van der Waals surface area contributed by atoms with Gasteiger partial charge in [-0.15, -0.1) is 0 Å². The summed E-state index contributed by atoms with van der Waals surface area (Å²) >= 11 is 0. The van der Waals surface area contributed by atoms with Crippen molar-refractivity contribution in [2.75, 3.05) is 5.32 Å². The van der Waals surface area contributed by atoms with Gasteiger partial charge in [0.25, 0.3) is 5.69 Å². The molecule has 2 aromatic rings. The van der Waals surface area contributed by atoms with Crippen LogP contribution in [0.3, 0.4) is 0 Å². The van der Waals surface area contributed by atoms with Crippen LogP contribution in [0.5, 0.6) is 0 Å². The fourth-order valence-corrected chi connectivity index (χ4v) is 1.46. The van der Waals surface area contributed by atoms with Crippen molar-refractivity contribution in [3.05, 3.63) is 46.6 Å². The molecule has 0 saturated heterocycles. The lowest BCUT2D eigenvalue weighted by Gasteiger charge is -2.01. The van der Waals surface area contributed by atoms with Crippen LogP contribution in [0.1, 0.15) is 6.92 Å². The number of non-ortho nitro benzene ring substituents is 1. The molecule has 0 aliphatic rings. The third-order valence-electron chi connectivity index (χ3n) is 2.20. The van der Waals surface area contributed by atoms with Crippen molar-refractivity contribution in [3.8, 4) is 5.69 Å². The number of amides is 1. The molecule has 0 fully saturated rings. The first-order valence-corrected chi connectivity index (χ1v) is 5.14. The summed E-state index contributed by atoms with van der Waals surface area (Å²) in [7, 11) is 0. The second kappa shape index (κ2) is 4.66. The fraction of sp³-hybridized carbons (Fsp3) is 0.0909. The van der Waals surface area contributed by atoms with Crippen molar-refractivity contribution in [3.63, 3.8) is 0 Å². The lowest BCUT2D eigenvalue weighted by molar-refractivity contribution is -0.384. The third-order valence-corrected chi connectivity index (χ3v) is 2.20. The largest absolute Gasteiger partial charge is 0.309 e. The second-order valence-electron chi connectivity index (χ2n) is 3.60. The Hall–Kier alpha value is -2.70. The van der Waals surface area contributed by atoms with Crippen molar-refractivity contribution in [1.29, 1.82) is 0 Å². The Morgan fingerprint density at radius 1 is 1.44 bits per heavy atom. The average molecular weight is 246 g/mol. The number of hydrogen-bond acceptors (Lipinski definition) is 4. The topological polar surface area (TPSA) is 90.1 Å². The summed E-state index contributed by atoms with van der Waals surface area (Å²) in [5.74, 6) is 0.174. The number of hydrogen-bond donors (Lipinski definition) is 1. The van der Waals surface area contributed by atoms with Gasteiger partial charge in [0.1, 0.15) is 0 Å². The molecule has 1 N–H and O–H groups in total. The zero-order valence-electron chi connectivity index (χ0n) is 9.53. The van der Waals surface area contributed by atoms with Gasteiger partial charge in [0, 0.05) is 31.3 Å². The molecule has 2 rings (SSSR count). The molecule has 0 aliphatic heterocycles. The molecular formula is C11H10N4O3. The van der Waals surface area contributed by atoms with E-state index in [9.17, 15) is 14.9 Å². The summed E-state index contributed by atoms with van der Waals surface area (Å²) < 4.78 is 1.46. The minimum atomic E-state index is -0.471. The lowest BCUT2D eigenvalue weighted by Crippen LogP contribution is -2.07. The monoisotopic (exact) mass is 246 g/mol. The van der Waals surface area contributed by atoms with E-state index in [0.29, 0.717) is 11.5 Å². The molecule has 18 heavy (non-hydrogen) atoms. The minimum absolute atomic E-state index is 0.0101. The molecule has 7 heteroatoms. The van der Waals surface area contributed by atoms with Gasteiger partial charge in [-0.1, -0.05) is 6.07 Å². The molecule has 92 valence electrons. The molecule has 1 aromatic carbocycles. The van der Waals surface area contributed by atoms with Crippen molar-refractivity contribution >= 4 is 17.4 Å². The molecule has 0 aliphatic carbocycles. The highest BCUT2D eigenvalue weighted by Crippen LogP contribution is 2.17. The normalized spacial score (nSPS) is 10.1. The van der Waals surface area contributed by atoms with Crippen LogP contribution >= 0.6 is 0 Å². The first-order chi connectivity index (χ1) is 8.56. The smallest absolute Gasteiger partial charge is 0.271 e. The van der Waals surface area contributed by atoms with E-state index in [2.05, 4.69) is 10.4 Å². The van der Waals surface area contributed by atoms with Crippen molar-refractivity contribution in [2.24, 2.45) is 0 Å². The molecular weight excluding hydrogens is 236 g/mol. The van der Waals surface area contributed by atoms with Gasteiger partial charge in [-0.25, -0.2) is 4.68 Å². The van der Waals surface area contributed by atoms with E-state index in [1.165, 1.54) is 23.7 Å². The summed E-state index contributed by atoms with van der Waals surface area (Å²) in [6.45, 7) is 1.38. The molecule has 0 bridgehead atoms. The zero-order chi connectivity index (χ0) is 13.1. The molecule has 0 radical (unpaired) electrons. The van der Waals surface area contributed by atoms with Crippen molar-refractivity contribution < 1.29 is 9.72 Å². The quantitative estimate of drug-likeness (QED) is 0.659. The van der Waals surface area contributed by atoms with E-state index in [4.69, 9.17) is 0 Å². The molecule has 1 amide bonds. The van der Waals surface area contributed by atoms with E-state index in [1.54, 1.807) is 24.4 Å². The van der Waals surface area contributed by atoms with Gasteiger partial charge in [-0.05, 0) is 6.07 Å². The molecule has 7 nitrogen and oxygen atoms in total. The van der Waals surface area contributed by atoms with Gasteiger partial charge < -0.3 is 5.32 Å². The zero-order valence-corrected chi connectivity index (χ0v) is 9.53. The number of nitrogens with zero attached hydrogens (tertiary/aromatic N) is 3. The van der Waals surface area contributed by atoms with Gasteiger partial charge in [-0.2, -0.15) is 5.10 Å². The molecule has 1 aromatic heterocycles. The van der Waals surface area contributed by atoms with E-state index in [1.807, 2.05) is 0 Å². The summed E-state index contributed by atoms with van der Waals surface area (Å²) in [4.78, 5) is 21.0. The highest BCUT2D eigenvalue weighted by Gasteiger charge is 2.08. The van der Waals surface area contributed by atoms with Crippen LogP contribution in [0, 0.1) is 10.1 Å². The average Bonchev–Trinajstić information content (AvgIpc) is 2.77. The first-order valence-electron chi connectivity index (χ1n) is 5.14. The maximum absolute atomic E-state index is 10.9.